The summed E-state index contributed by atoms with van der Waals surface area (Å²) in [5.74, 6) is 2.92. The van der Waals surface area contributed by atoms with Crippen LogP contribution in [0.2, 0.25) is 0 Å². The lowest BCUT2D eigenvalue weighted by atomic mass is 9.82. The molecule has 1 amide bonds. The number of amides is 1. The highest BCUT2D eigenvalue weighted by atomic mass is 16.3. The van der Waals surface area contributed by atoms with Crippen molar-refractivity contribution in [1.29, 1.82) is 0 Å². The molecule has 1 N–H and O–H groups in total. The van der Waals surface area contributed by atoms with Crippen molar-refractivity contribution in [2.45, 2.75) is 53.0 Å². The second kappa shape index (κ2) is 5.59. The van der Waals surface area contributed by atoms with Crippen molar-refractivity contribution in [3.05, 3.63) is 23.2 Å². The average Bonchev–Trinajstić information content (AvgIpc) is 2.65. The molecule has 18 heavy (non-hydrogen) atoms. The molecule has 0 aliphatic heterocycles. The van der Waals surface area contributed by atoms with E-state index in [1.165, 1.54) is 12.8 Å². The molecule has 2 rings (SSSR count). The molecule has 100 valence electrons. The van der Waals surface area contributed by atoms with Crippen LogP contribution in [0.3, 0.4) is 0 Å². The number of hydrogen-bond acceptors (Lipinski definition) is 2. The Labute approximate surface area is 109 Å². The fourth-order valence-electron chi connectivity index (χ4n) is 2.86. The standard InChI is InChI=1S/C15H23NO2/c1-10-5-4-6-13(7-10)15(17)16-9-14-8-11(2)18-12(14)3/h8,10,13H,4-7,9H2,1-3H3,(H,16,17)/t10-,13+/m1/s1. The number of furan rings is 1. The lowest BCUT2D eigenvalue weighted by Crippen LogP contribution is -2.33. The van der Waals surface area contributed by atoms with E-state index in [1.54, 1.807) is 0 Å². The van der Waals surface area contributed by atoms with Gasteiger partial charge in [0, 0.05) is 18.0 Å². The first-order chi connectivity index (χ1) is 8.56. The summed E-state index contributed by atoms with van der Waals surface area (Å²) in [6.07, 6.45) is 4.53. The van der Waals surface area contributed by atoms with Gasteiger partial charge in [-0.3, -0.25) is 4.79 Å². The number of rotatable bonds is 3. The van der Waals surface area contributed by atoms with Crippen molar-refractivity contribution in [3.8, 4) is 0 Å². The molecule has 1 saturated carbocycles. The molecule has 1 aliphatic rings. The number of carbonyl (C=O) groups excluding carboxylic acids is 1. The Morgan fingerprint density at radius 1 is 1.44 bits per heavy atom. The van der Waals surface area contributed by atoms with Gasteiger partial charge in [-0.25, -0.2) is 0 Å². The van der Waals surface area contributed by atoms with Crippen LogP contribution in [0.15, 0.2) is 10.5 Å². The Kier molecular flexibility index (Phi) is 4.10. The summed E-state index contributed by atoms with van der Waals surface area (Å²) in [6.45, 7) is 6.70. The first-order valence-corrected chi connectivity index (χ1v) is 6.90. The first kappa shape index (κ1) is 13.2. The monoisotopic (exact) mass is 249 g/mol. The Balaban J connectivity index is 1.86. The van der Waals surface area contributed by atoms with Crippen LogP contribution in [0.1, 0.15) is 49.7 Å². The molecule has 1 aromatic rings. The summed E-state index contributed by atoms with van der Waals surface area (Å²) < 4.78 is 5.46. The molecule has 3 heteroatoms. The molecule has 1 fully saturated rings. The molecule has 0 radical (unpaired) electrons. The van der Waals surface area contributed by atoms with Crippen LogP contribution in [-0.4, -0.2) is 5.91 Å². The predicted molar refractivity (Wildman–Crippen MR) is 71.2 cm³/mol. The van der Waals surface area contributed by atoms with Gasteiger partial charge in [0.25, 0.3) is 0 Å². The van der Waals surface area contributed by atoms with Gasteiger partial charge in [0.05, 0.1) is 0 Å². The van der Waals surface area contributed by atoms with Crippen LogP contribution in [-0.2, 0) is 11.3 Å². The minimum Gasteiger partial charge on any atom is -0.466 e. The van der Waals surface area contributed by atoms with Crippen molar-refractivity contribution in [2.75, 3.05) is 0 Å². The highest BCUT2D eigenvalue weighted by Gasteiger charge is 2.24. The predicted octanol–water partition coefficient (Wildman–Crippen LogP) is 3.34. The van der Waals surface area contributed by atoms with Crippen LogP contribution < -0.4 is 5.32 Å². The fraction of sp³-hybridized carbons (Fsp3) is 0.667. The normalized spacial score (nSPS) is 23.9. The van der Waals surface area contributed by atoms with Crippen LogP contribution in [0, 0.1) is 25.7 Å². The largest absolute Gasteiger partial charge is 0.466 e. The second-order valence-electron chi connectivity index (χ2n) is 5.62. The van der Waals surface area contributed by atoms with E-state index in [4.69, 9.17) is 4.42 Å². The molecule has 0 spiro atoms. The van der Waals surface area contributed by atoms with Crippen molar-refractivity contribution < 1.29 is 9.21 Å². The molecule has 1 heterocycles. The summed E-state index contributed by atoms with van der Waals surface area (Å²) in [7, 11) is 0. The third-order valence-corrected chi connectivity index (χ3v) is 3.90. The third kappa shape index (κ3) is 3.15. The SMILES string of the molecule is Cc1cc(CNC(=O)[C@H]2CCC[C@@H](C)C2)c(C)o1. The molecule has 1 aromatic heterocycles. The maximum absolute atomic E-state index is 12.1. The van der Waals surface area contributed by atoms with Gasteiger partial charge < -0.3 is 9.73 Å². The van der Waals surface area contributed by atoms with Crippen LogP contribution in [0.4, 0.5) is 0 Å². The van der Waals surface area contributed by atoms with Crippen molar-refractivity contribution >= 4 is 5.91 Å². The van der Waals surface area contributed by atoms with Gasteiger partial charge >= 0.3 is 0 Å². The van der Waals surface area contributed by atoms with E-state index in [0.717, 1.165) is 29.9 Å². The summed E-state index contributed by atoms with van der Waals surface area (Å²) >= 11 is 0. The summed E-state index contributed by atoms with van der Waals surface area (Å²) in [4.78, 5) is 12.1. The zero-order valence-electron chi connectivity index (χ0n) is 11.6. The quantitative estimate of drug-likeness (QED) is 0.892. The maximum Gasteiger partial charge on any atom is 0.223 e. The van der Waals surface area contributed by atoms with Crippen molar-refractivity contribution in [2.24, 2.45) is 11.8 Å². The fourth-order valence-corrected chi connectivity index (χ4v) is 2.86. The number of carbonyl (C=O) groups is 1. The Morgan fingerprint density at radius 3 is 2.83 bits per heavy atom. The molecule has 0 bridgehead atoms. The summed E-state index contributed by atoms with van der Waals surface area (Å²) in [5.41, 5.74) is 1.09. The molecule has 0 unspecified atom stereocenters. The van der Waals surface area contributed by atoms with Crippen molar-refractivity contribution in [3.63, 3.8) is 0 Å². The number of nitrogens with one attached hydrogen (secondary N) is 1. The Bertz CT molecular complexity index is 422. The highest BCUT2D eigenvalue weighted by molar-refractivity contribution is 5.78. The topological polar surface area (TPSA) is 42.2 Å². The Hall–Kier alpha value is -1.25. The number of hydrogen-bond donors (Lipinski definition) is 1. The van der Waals surface area contributed by atoms with Crippen molar-refractivity contribution in [1.82, 2.24) is 5.32 Å². The van der Waals surface area contributed by atoms with E-state index in [9.17, 15) is 4.79 Å². The lowest BCUT2D eigenvalue weighted by molar-refractivity contribution is -0.126. The van der Waals surface area contributed by atoms with Gasteiger partial charge in [0.15, 0.2) is 0 Å². The van der Waals surface area contributed by atoms with Gasteiger partial charge in [-0.05, 0) is 38.7 Å². The first-order valence-electron chi connectivity index (χ1n) is 6.90. The maximum atomic E-state index is 12.1. The molecule has 3 nitrogen and oxygen atoms in total. The summed E-state index contributed by atoms with van der Waals surface area (Å²) in [6, 6.07) is 2.00. The van der Waals surface area contributed by atoms with E-state index in [2.05, 4.69) is 12.2 Å². The van der Waals surface area contributed by atoms with E-state index in [1.807, 2.05) is 19.9 Å². The highest BCUT2D eigenvalue weighted by Crippen LogP contribution is 2.28. The van der Waals surface area contributed by atoms with Gasteiger partial charge in [-0.1, -0.05) is 19.8 Å². The second-order valence-corrected chi connectivity index (χ2v) is 5.62. The summed E-state index contributed by atoms with van der Waals surface area (Å²) in [5, 5.41) is 3.04. The zero-order chi connectivity index (χ0) is 13.1. The average molecular weight is 249 g/mol. The third-order valence-electron chi connectivity index (χ3n) is 3.90. The van der Waals surface area contributed by atoms with Gasteiger partial charge in [0.1, 0.15) is 11.5 Å². The molecule has 0 aromatic carbocycles. The molecule has 2 atom stereocenters. The van der Waals surface area contributed by atoms with Gasteiger partial charge in [0.2, 0.25) is 5.91 Å². The molecular weight excluding hydrogens is 226 g/mol. The Morgan fingerprint density at radius 2 is 2.22 bits per heavy atom. The smallest absolute Gasteiger partial charge is 0.223 e. The van der Waals surface area contributed by atoms with Crippen LogP contribution >= 0.6 is 0 Å². The molecule has 1 aliphatic carbocycles. The molecule has 0 saturated heterocycles. The van der Waals surface area contributed by atoms with E-state index < -0.39 is 0 Å². The minimum absolute atomic E-state index is 0.208. The lowest BCUT2D eigenvalue weighted by Gasteiger charge is -2.25. The van der Waals surface area contributed by atoms with Gasteiger partial charge in [-0.15, -0.1) is 0 Å². The minimum atomic E-state index is 0.208. The van der Waals surface area contributed by atoms with Gasteiger partial charge in [-0.2, -0.15) is 0 Å². The van der Waals surface area contributed by atoms with E-state index >= 15 is 0 Å². The van der Waals surface area contributed by atoms with E-state index in [-0.39, 0.29) is 11.8 Å². The van der Waals surface area contributed by atoms with Crippen LogP contribution in [0.25, 0.3) is 0 Å². The molecular formula is C15H23NO2. The zero-order valence-corrected chi connectivity index (χ0v) is 11.6. The van der Waals surface area contributed by atoms with E-state index in [0.29, 0.717) is 12.5 Å². The van der Waals surface area contributed by atoms with Crippen LogP contribution in [0.5, 0.6) is 0 Å². The number of aryl methyl sites for hydroxylation is 2.